The molecule has 1 saturated heterocycles. The molecule has 0 unspecified atom stereocenters. The summed E-state index contributed by atoms with van der Waals surface area (Å²) in [5.41, 5.74) is 3.36. The van der Waals surface area contributed by atoms with E-state index in [1.165, 1.54) is 0 Å². The second-order valence-corrected chi connectivity index (χ2v) is 8.63. The van der Waals surface area contributed by atoms with Crippen LogP contribution in [-0.2, 0) is 5.41 Å². The van der Waals surface area contributed by atoms with E-state index in [0.717, 1.165) is 54.4 Å². The number of anilines is 1. The van der Waals surface area contributed by atoms with E-state index in [9.17, 15) is 0 Å². The lowest BCUT2D eigenvalue weighted by Gasteiger charge is -2.32. The molecule has 29 heavy (non-hydrogen) atoms. The molecule has 4 aromatic rings. The Hall–Kier alpha value is -3.16. The first-order valence-electron chi connectivity index (χ1n) is 10.0. The molecule has 0 N–H and O–H groups in total. The molecule has 8 heteroatoms. The number of hydrogen-bond donors (Lipinski definition) is 0. The highest BCUT2D eigenvalue weighted by Gasteiger charge is 2.27. The molecule has 0 saturated carbocycles. The van der Waals surface area contributed by atoms with E-state index in [4.69, 9.17) is 5.10 Å². The lowest BCUT2D eigenvalue weighted by Crippen LogP contribution is -2.34. The van der Waals surface area contributed by atoms with Crippen LogP contribution in [0.15, 0.2) is 36.7 Å². The molecule has 0 aliphatic carbocycles. The minimum absolute atomic E-state index is 0.0102. The van der Waals surface area contributed by atoms with Gasteiger partial charge in [0, 0.05) is 36.8 Å². The van der Waals surface area contributed by atoms with Gasteiger partial charge in [0.25, 0.3) is 0 Å². The Morgan fingerprint density at radius 2 is 1.72 bits per heavy atom. The van der Waals surface area contributed by atoms with Gasteiger partial charge in [-0.25, -0.2) is 9.97 Å². The van der Waals surface area contributed by atoms with Gasteiger partial charge < -0.3 is 4.90 Å². The summed E-state index contributed by atoms with van der Waals surface area (Å²) >= 11 is 0. The van der Waals surface area contributed by atoms with Crippen molar-refractivity contribution in [2.45, 2.75) is 44.9 Å². The zero-order valence-corrected chi connectivity index (χ0v) is 16.9. The Labute approximate surface area is 169 Å². The van der Waals surface area contributed by atoms with Crippen molar-refractivity contribution in [3.05, 3.63) is 48.2 Å². The highest BCUT2D eigenvalue weighted by atomic mass is 15.4. The Balaban J connectivity index is 1.37. The number of nitrogens with zero attached hydrogens (tertiary/aromatic N) is 8. The number of rotatable bonds is 2. The second kappa shape index (κ2) is 6.72. The van der Waals surface area contributed by atoms with Crippen molar-refractivity contribution in [1.29, 1.82) is 0 Å². The zero-order chi connectivity index (χ0) is 20.0. The van der Waals surface area contributed by atoms with Gasteiger partial charge in [-0.05, 0) is 37.1 Å². The topological polar surface area (TPSA) is 85.0 Å². The number of piperidine rings is 1. The molecule has 0 spiro atoms. The van der Waals surface area contributed by atoms with Gasteiger partial charge in [0.15, 0.2) is 17.1 Å². The van der Waals surface area contributed by atoms with Crippen molar-refractivity contribution in [2.75, 3.05) is 18.0 Å². The highest BCUT2D eigenvalue weighted by Crippen LogP contribution is 2.30. The monoisotopic (exact) mass is 388 g/mol. The van der Waals surface area contributed by atoms with Crippen LogP contribution in [0, 0.1) is 0 Å². The van der Waals surface area contributed by atoms with E-state index in [1.54, 1.807) is 12.4 Å². The van der Waals surface area contributed by atoms with Crippen LogP contribution in [0.1, 0.15) is 51.0 Å². The van der Waals surface area contributed by atoms with E-state index in [1.807, 2.05) is 28.8 Å². The quantitative estimate of drug-likeness (QED) is 0.521. The molecule has 0 atom stereocenters. The molecule has 148 valence electrons. The van der Waals surface area contributed by atoms with Gasteiger partial charge in [-0.15, -0.1) is 10.2 Å². The maximum atomic E-state index is 4.84. The fourth-order valence-electron chi connectivity index (χ4n) is 3.85. The molecule has 1 aliphatic heterocycles. The van der Waals surface area contributed by atoms with Crippen molar-refractivity contribution in [3.63, 3.8) is 0 Å². The van der Waals surface area contributed by atoms with Crippen molar-refractivity contribution >= 4 is 22.6 Å². The van der Waals surface area contributed by atoms with Crippen LogP contribution in [0.5, 0.6) is 0 Å². The molecule has 0 bridgehead atoms. The molecule has 0 radical (unpaired) electrons. The maximum Gasteiger partial charge on any atom is 0.180 e. The SMILES string of the molecule is CC(C)(C)c1ccc2nnc(C3CCN(c4ccc5nccnc5n4)CC3)n2n1. The minimum atomic E-state index is -0.0102. The summed E-state index contributed by atoms with van der Waals surface area (Å²) in [4.78, 5) is 15.6. The number of aromatic nitrogens is 7. The Morgan fingerprint density at radius 1 is 0.931 bits per heavy atom. The Kier molecular flexibility index (Phi) is 4.15. The fourth-order valence-corrected chi connectivity index (χ4v) is 3.85. The fraction of sp³-hybridized carbons (Fsp3) is 0.429. The van der Waals surface area contributed by atoms with Gasteiger partial charge in [0.1, 0.15) is 11.3 Å². The minimum Gasteiger partial charge on any atom is -0.356 e. The third-order valence-corrected chi connectivity index (χ3v) is 5.56. The molecule has 5 heterocycles. The highest BCUT2D eigenvalue weighted by molar-refractivity contribution is 5.71. The van der Waals surface area contributed by atoms with Crippen molar-refractivity contribution in [3.8, 4) is 0 Å². The molecule has 8 nitrogen and oxygen atoms in total. The molecular weight excluding hydrogens is 364 g/mol. The van der Waals surface area contributed by atoms with Crippen LogP contribution in [0.3, 0.4) is 0 Å². The summed E-state index contributed by atoms with van der Waals surface area (Å²) < 4.78 is 1.94. The largest absolute Gasteiger partial charge is 0.356 e. The number of fused-ring (bicyclic) bond motifs is 2. The van der Waals surface area contributed by atoms with Crippen molar-refractivity contribution < 1.29 is 0 Å². The predicted molar refractivity (Wildman–Crippen MR) is 111 cm³/mol. The molecule has 1 aliphatic rings. The average Bonchev–Trinajstić information content (AvgIpc) is 3.16. The smallest absolute Gasteiger partial charge is 0.180 e. The van der Waals surface area contributed by atoms with E-state index in [0.29, 0.717) is 11.6 Å². The normalized spacial score (nSPS) is 16.0. The first kappa shape index (κ1) is 17.9. The summed E-state index contributed by atoms with van der Waals surface area (Å²) in [6, 6.07) is 8.08. The molecule has 1 fully saturated rings. The van der Waals surface area contributed by atoms with Crippen LogP contribution in [0.2, 0.25) is 0 Å². The number of hydrogen-bond acceptors (Lipinski definition) is 7. The van der Waals surface area contributed by atoms with E-state index < -0.39 is 0 Å². The van der Waals surface area contributed by atoms with Gasteiger partial charge >= 0.3 is 0 Å². The zero-order valence-electron chi connectivity index (χ0n) is 16.9. The third-order valence-electron chi connectivity index (χ3n) is 5.56. The van der Waals surface area contributed by atoms with Gasteiger partial charge in [0.05, 0.1) is 5.69 Å². The Bertz CT molecular complexity index is 1170. The van der Waals surface area contributed by atoms with E-state index in [-0.39, 0.29) is 5.41 Å². The van der Waals surface area contributed by atoms with Crippen LogP contribution in [0.25, 0.3) is 16.8 Å². The lowest BCUT2D eigenvalue weighted by atomic mass is 9.92. The summed E-state index contributed by atoms with van der Waals surface area (Å²) in [6.45, 7) is 8.34. The van der Waals surface area contributed by atoms with Gasteiger partial charge in [-0.2, -0.15) is 9.61 Å². The third kappa shape index (κ3) is 3.28. The van der Waals surface area contributed by atoms with Crippen LogP contribution in [-0.4, -0.2) is 47.9 Å². The van der Waals surface area contributed by atoms with Gasteiger partial charge in [0.2, 0.25) is 0 Å². The van der Waals surface area contributed by atoms with E-state index >= 15 is 0 Å². The van der Waals surface area contributed by atoms with Crippen molar-refractivity contribution in [2.24, 2.45) is 0 Å². The summed E-state index contributed by atoms with van der Waals surface area (Å²) in [7, 11) is 0. The maximum absolute atomic E-state index is 4.84. The summed E-state index contributed by atoms with van der Waals surface area (Å²) in [6.07, 6.45) is 5.35. The summed E-state index contributed by atoms with van der Waals surface area (Å²) in [5, 5.41) is 13.7. The number of pyridine rings is 1. The molecule has 0 amide bonds. The first-order valence-corrected chi connectivity index (χ1v) is 10.0. The average molecular weight is 388 g/mol. The molecule has 5 rings (SSSR count). The van der Waals surface area contributed by atoms with Crippen LogP contribution < -0.4 is 4.90 Å². The van der Waals surface area contributed by atoms with E-state index in [2.05, 4.69) is 50.8 Å². The van der Waals surface area contributed by atoms with Gasteiger partial charge in [-0.3, -0.25) is 4.98 Å². The van der Waals surface area contributed by atoms with Gasteiger partial charge in [-0.1, -0.05) is 20.8 Å². The lowest BCUT2D eigenvalue weighted by molar-refractivity contribution is 0.471. The van der Waals surface area contributed by atoms with Crippen LogP contribution >= 0.6 is 0 Å². The Morgan fingerprint density at radius 3 is 2.52 bits per heavy atom. The molecule has 4 aromatic heterocycles. The molecular formula is C21H24N8. The predicted octanol–water partition coefficient (Wildman–Crippen LogP) is 3.14. The van der Waals surface area contributed by atoms with Crippen molar-refractivity contribution in [1.82, 2.24) is 34.8 Å². The summed E-state index contributed by atoms with van der Waals surface area (Å²) in [5.74, 6) is 2.25. The standard InChI is InChI=1S/C21H24N8/c1-21(2,3)16-5-7-18-25-26-20(29(18)27-16)14-8-12-28(13-9-14)17-6-4-15-19(24-17)23-11-10-22-15/h4-7,10-11,14H,8-9,12-13H2,1-3H3. The molecule has 0 aromatic carbocycles. The van der Waals surface area contributed by atoms with Crippen LogP contribution in [0.4, 0.5) is 5.82 Å². The second-order valence-electron chi connectivity index (χ2n) is 8.63. The first-order chi connectivity index (χ1) is 14.0.